The topological polar surface area (TPSA) is 96.0 Å². The number of carbonyl (C=O) groups is 2. The van der Waals surface area contributed by atoms with E-state index in [1.165, 1.54) is 36.3 Å². The van der Waals surface area contributed by atoms with Crippen molar-refractivity contribution in [3.8, 4) is 5.75 Å². The summed E-state index contributed by atoms with van der Waals surface area (Å²) >= 11 is 12.7. The first kappa shape index (κ1) is 31.3. The maximum absolute atomic E-state index is 14.0. The Kier molecular flexibility index (Phi) is 10.8. The smallest absolute Gasteiger partial charge is 0.264 e. The summed E-state index contributed by atoms with van der Waals surface area (Å²) in [5.41, 5.74) is 0.749. The monoisotopic (exact) mass is 605 g/mol. The number of nitrogens with one attached hydrogen (secondary N) is 1. The summed E-state index contributed by atoms with van der Waals surface area (Å²) in [5.74, 6) is -0.380. The highest BCUT2D eigenvalue weighted by Crippen LogP contribution is 2.35. The van der Waals surface area contributed by atoms with Crippen molar-refractivity contribution in [2.45, 2.75) is 50.7 Å². The molecule has 0 unspecified atom stereocenters. The van der Waals surface area contributed by atoms with Crippen LogP contribution in [0.15, 0.2) is 77.7 Å². The molecular formula is C29H33Cl2N3O5S. The lowest BCUT2D eigenvalue weighted by molar-refractivity contribution is -0.139. The van der Waals surface area contributed by atoms with E-state index < -0.39 is 28.5 Å². The molecule has 0 aliphatic rings. The quantitative estimate of drug-likeness (QED) is 0.293. The number of halogens is 2. The minimum Gasteiger partial charge on any atom is -0.497 e. The molecule has 0 spiro atoms. The molecule has 0 bridgehead atoms. The number of sulfonamides is 1. The van der Waals surface area contributed by atoms with Crippen molar-refractivity contribution in [1.29, 1.82) is 0 Å². The number of rotatable bonds is 12. The summed E-state index contributed by atoms with van der Waals surface area (Å²) in [4.78, 5) is 28.5. The second-order valence-electron chi connectivity index (χ2n) is 9.26. The molecule has 3 rings (SSSR count). The van der Waals surface area contributed by atoms with Gasteiger partial charge in [-0.1, -0.05) is 66.5 Å². The lowest BCUT2D eigenvalue weighted by Gasteiger charge is -2.32. The number of amides is 2. The average Bonchev–Trinajstić information content (AvgIpc) is 2.96. The van der Waals surface area contributed by atoms with Crippen molar-refractivity contribution in [3.05, 3.63) is 88.4 Å². The summed E-state index contributed by atoms with van der Waals surface area (Å²) in [5, 5.41) is 3.02. The number of hydrogen-bond donors (Lipinski definition) is 1. The van der Waals surface area contributed by atoms with Crippen LogP contribution in [0.5, 0.6) is 5.75 Å². The van der Waals surface area contributed by atoms with Gasteiger partial charge >= 0.3 is 0 Å². The Hall–Kier alpha value is -3.27. The lowest BCUT2D eigenvalue weighted by atomic mass is 10.1. The number of methoxy groups -OCH3 is 1. The Balaban J connectivity index is 2.06. The van der Waals surface area contributed by atoms with Gasteiger partial charge in [0.05, 0.1) is 27.7 Å². The number of ether oxygens (including phenoxy) is 1. The third kappa shape index (κ3) is 7.47. The molecule has 0 aliphatic carbocycles. The average molecular weight is 607 g/mol. The Morgan fingerprint density at radius 1 is 0.975 bits per heavy atom. The van der Waals surface area contributed by atoms with Gasteiger partial charge in [-0.05, 0) is 62.2 Å². The van der Waals surface area contributed by atoms with Crippen molar-refractivity contribution in [3.63, 3.8) is 0 Å². The predicted molar refractivity (Wildman–Crippen MR) is 158 cm³/mol. The van der Waals surface area contributed by atoms with E-state index in [2.05, 4.69) is 5.32 Å². The molecule has 0 aliphatic heterocycles. The fraction of sp³-hybridized carbons (Fsp3) is 0.310. The molecule has 1 N–H and O–H groups in total. The summed E-state index contributed by atoms with van der Waals surface area (Å²) in [7, 11) is -2.72. The highest BCUT2D eigenvalue weighted by atomic mass is 35.5. The van der Waals surface area contributed by atoms with Gasteiger partial charge in [0, 0.05) is 12.6 Å². The maximum atomic E-state index is 14.0. The molecule has 3 aromatic rings. The largest absolute Gasteiger partial charge is 0.497 e. The maximum Gasteiger partial charge on any atom is 0.264 e. The zero-order valence-electron chi connectivity index (χ0n) is 22.8. The van der Waals surface area contributed by atoms with Crippen LogP contribution >= 0.6 is 23.2 Å². The van der Waals surface area contributed by atoms with E-state index in [1.807, 2.05) is 13.8 Å². The van der Waals surface area contributed by atoms with Crippen LogP contribution in [0.25, 0.3) is 0 Å². The van der Waals surface area contributed by atoms with E-state index in [4.69, 9.17) is 27.9 Å². The van der Waals surface area contributed by atoms with E-state index in [0.29, 0.717) is 17.7 Å². The molecule has 2 amide bonds. The van der Waals surface area contributed by atoms with Gasteiger partial charge in [0.1, 0.15) is 18.3 Å². The van der Waals surface area contributed by atoms with Crippen LogP contribution < -0.4 is 14.4 Å². The molecular weight excluding hydrogens is 573 g/mol. The first-order valence-corrected chi connectivity index (χ1v) is 14.9. The van der Waals surface area contributed by atoms with Gasteiger partial charge in [-0.3, -0.25) is 13.9 Å². The normalized spacial score (nSPS) is 12.8. The summed E-state index contributed by atoms with van der Waals surface area (Å²) in [6.07, 6.45) is 0.707. The van der Waals surface area contributed by atoms with E-state index in [9.17, 15) is 18.0 Å². The van der Waals surface area contributed by atoms with Crippen LogP contribution in [0.2, 0.25) is 10.0 Å². The van der Waals surface area contributed by atoms with E-state index in [0.717, 1.165) is 4.31 Å². The summed E-state index contributed by atoms with van der Waals surface area (Å²) < 4.78 is 33.9. The first-order chi connectivity index (χ1) is 19.0. The van der Waals surface area contributed by atoms with Crippen LogP contribution in [-0.4, -0.2) is 50.9 Å². The molecule has 0 aromatic heterocycles. The molecule has 40 heavy (non-hydrogen) atoms. The third-order valence-corrected chi connectivity index (χ3v) is 9.05. The van der Waals surface area contributed by atoms with Crippen molar-refractivity contribution in [2.75, 3.05) is 18.0 Å². The van der Waals surface area contributed by atoms with Gasteiger partial charge in [-0.25, -0.2) is 8.42 Å². The molecule has 2 atom stereocenters. The Morgan fingerprint density at radius 3 is 2.30 bits per heavy atom. The van der Waals surface area contributed by atoms with E-state index in [1.54, 1.807) is 55.5 Å². The van der Waals surface area contributed by atoms with Crippen molar-refractivity contribution < 1.29 is 22.7 Å². The van der Waals surface area contributed by atoms with Gasteiger partial charge in [-0.15, -0.1) is 0 Å². The van der Waals surface area contributed by atoms with Gasteiger partial charge < -0.3 is 15.0 Å². The SMILES string of the molecule is CC[C@H](C)NC(=O)[C@@H](C)N(Cc1cccc(OC)c1)C(=O)CN(c1cccc(Cl)c1Cl)S(=O)(=O)c1ccccc1. The molecule has 8 nitrogen and oxygen atoms in total. The number of anilines is 1. The molecule has 3 aromatic carbocycles. The van der Waals surface area contributed by atoms with Crippen molar-refractivity contribution >= 4 is 50.7 Å². The fourth-order valence-corrected chi connectivity index (χ4v) is 5.83. The highest BCUT2D eigenvalue weighted by molar-refractivity contribution is 7.92. The molecule has 11 heteroatoms. The van der Waals surface area contributed by atoms with E-state index >= 15 is 0 Å². The Bertz CT molecular complexity index is 1440. The van der Waals surface area contributed by atoms with Crippen LogP contribution in [0.3, 0.4) is 0 Å². The van der Waals surface area contributed by atoms with Crippen LogP contribution in [0.4, 0.5) is 5.69 Å². The second-order valence-corrected chi connectivity index (χ2v) is 11.9. The molecule has 0 saturated carbocycles. The van der Waals surface area contributed by atoms with Crippen LogP contribution in [0.1, 0.15) is 32.8 Å². The summed E-state index contributed by atoms with van der Waals surface area (Å²) in [6, 6.07) is 18.4. The first-order valence-electron chi connectivity index (χ1n) is 12.7. The van der Waals surface area contributed by atoms with Crippen molar-refractivity contribution in [2.24, 2.45) is 0 Å². The van der Waals surface area contributed by atoms with Gasteiger partial charge in [0.25, 0.3) is 10.0 Å². The fourth-order valence-electron chi connectivity index (χ4n) is 3.93. The number of hydrogen-bond acceptors (Lipinski definition) is 5. The molecule has 0 saturated heterocycles. The van der Waals surface area contributed by atoms with Crippen molar-refractivity contribution in [1.82, 2.24) is 10.2 Å². The summed E-state index contributed by atoms with van der Waals surface area (Å²) in [6.45, 7) is 4.83. The van der Waals surface area contributed by atoms with Crippen LogP contribution in [0, 0.1) is 0 Å². The Morgan fingerprint density at radius 2 is 1.65 bits per heavy atom. The molecule has 0 radical (unpaired) electrons. The Labute approximate surface area is 245 Å². The molecule has 214 valence electrons. The minimum absolute atomic E-state index is 0.0154. The number of nitrogens with zero attached hydrogens (tertiary/aromatic N) is 2. The second kappa shape index (κ2) is 13.9. The van der Waals surface area contributed by atoms with E-state index in [-0.39, 0.29) is 39.1 Å². The molecule has 0 heterocycles. The predicted octanol–water partition coefficient (Wildman–Crippen LogP) is 5.53. The standard InChI is InChI=1S/C29H33Cl2N3O5S/c1-5-20(2)32-29(36)21(3)33(18-22-11-9-12-23(17-22)39-4)27(35)19-34(26-16-10-15-25(30)28(26)31)40(37,38)24-13-7-6-8-14-24/h6-17,20-21H,5,18-19H2,1-4H3,(H,32,36)/t20-,21+/m0/s1. The third-order valence-electron chi connectivity index (χ3n) is 6.47. The van der Waals surface area contributed by atoms with Gasteiger partial charge in [0.15, 0.2) is 0 Å². The highest BCUT2D eigenvalue weighted by Gasteiger charge is 2.34. The van der Waals surface area contributed by atoms with Gasteiger partial charge in [-0.2, -0.15) is 0 Å². The minimum atomic E-state index is -4.25. The zero-order valence-corrected chi connectivity index (χ0v) is 25.1. The van der Waals surface area contributed by atoms with Crippen LogP contribution in [-0.2, 0) is 26.2 Å². The molecule has 0 fully saturated rings. The zero-order chi connectivity index (χ0) is 29.4. The lowest BCUT2D eigenvalue weighted by Crippen LogP contribution is -2.52. The number of carbonyl (C=O) groups excluding carboxylic acids is 2. The number of benzene rings is 3. The van der Waals surface area contributed by atoms with Gasteiger partial charge in [0.2, 0.25) is 11.8 Å².